The first-order valence-corrected chi connectivity index (χ1v) is 6.66. The molecule has 0 atom stereocenters. The van der Waals surface area contributed by atoms with E-state index in [0.717, 1.165) is 5.56 Å². The molecular weight excluding hydrogens is 294 g/mol. The highest BCUT2D eigenvalue weighted by molar-refractivity contribution is 6.31. The van der Waals surface area contributed by atoms with Gasteiger partial charge in [-0.2, -0.15) is 0 Å². The van der Waals surface area contributed by atoms with Gasteiger partial charge in [0.05, 0.1) is 22.1 Å². The Balaban J connectivity index is 2.31. The lowest BCUT2D eigenvalue weighted by atomic mass is 10.1. The first-order valence-electron chi connectivity index (χ1n) is 6.28. The summed E-state index contributed by atoms with van der Waals surface area (Å²) in [7, 11) is 0. The molecule has 2 rings (SSSR count). The molecule has 0 bridgehead atoms. The van der Waals surface area contributed by atoms with Gasteiger partial charge in [-0.25, -0.2) is 0 Å². The first kappa shape index (κ1) is 15.3. The van der Waals surface area contributed by atoms with Gasteiger partial charge in [0.1, 0.15) is 12.4 Å². The predicted molar refractivity (Wildman–Crippen MR) is 79.5 cm³/mol. The summed E-state index contributed by atoms with van der Waals surface area (Å²) in [5.74, 6) is 0.522. The Hall–Kier alpha value is -2.11. The summed E-state index contributed by atoms with van der Waals surface area (Å²) in [6, 6.07) is 9.88. The van der Waals surface area contributed by atoms with E-state index >= 15 is 0 Å². The number of halogens is 1. The van der Waals surface area contributed by atoms with Crippen LogP contribution in [0, 0.1) is 17.0 Å². The molecule has 0 fully saturated rings. The van der Waals surface area contributed by atoms with Crippen LogP contribution in [0.15, 0.2) is 36.4 Å². The average molecular weight is 308 g/mol. The predicted octanol–water partition coefficient (Wildman–Crippen LogP) is 3.63. The molecule has 5 nitrogen and oxygen atoms in total. The Morgan fingerprint density at radius 2 is 2.00 bits per heavy atom. The number of benzene rings is 2. The molecule has 21 heavy (non-hydrogen) atoms. The number of ether oxygens (including phenoxy) is 1. The fraction of sp³-hybridized carbons (Fsp3) is 0.200. The molecule has 1 N–H and O–H groups in total. The van der Waals surface area contributed by atoms with Gasteiger partial charge in [0, 0.05) is 11.6 Å². The van der Waals surface area contributed by atoms with E-state index in [0.29, 0.717) is 16.9 Å². The van der Waals surface area contributed by atoms with E-state index in [9.17, 15) is 15.2 Å². The summed E-state index contributed by atoms with van der Waals surface area (Å²) >= 11 is 6.02. The highest BCUT2D eigenvalue weighted by Crippen LogP contribution is 2.30. The maximum atomic E-state index is 11.0. The minimum atomic E-state index is -0.491. The van der Waals surface area contributed by atoms with Crippen molar-refractivity contribution >= 4 is 17.3 Å². The van der Waals surface area contributed by atoms with Crippen molar-refractivity contribution < 1.29 is 14.8 Å². The van der Waals surface area contributed by atoms with Crippen molar-refractivity contribution in [1.29, 1.82) is 0 Å². The van der Waals surface area contributed by atoms with Crippen molar-refractivity contribution in [3.8, 4) is 5.75 Å². The van der Waals surface area contributed by atoms with Gasteiger partial charge in [-0.3, -0.25) is 10.1 Å². The molecule has 0 aliphatic heterocycles. The number of hydrogen-bond acceptors (Lipinski definition) is 4. The summed E-state index contributed by atoms with van der Waals surface area (Å²) in [6.45, 7) is 1.64. The van der Waals surface area contributed by atoms with Gasteiger partial charge in [0.15, 0.2) is 0 Å². The lowest BCUT2D eigenvalue weighted by Gasteiger charge is -2.13. The number of nitro benzene ring substituents is 1. The van der Waals surface area contributed by atoms with Crippen molar-refractivity contribution in [3.63, 3.8) is 0 Å². The van der Waals surface area contributed by atoms with Crippen LogP contribution < -0.4 is 4.74 Å². The second-order valence-corrected chi connectivity index (χ2v) is 4.91. The number of hydrogen-bond donors (Lipinski definition) is 1. The highest BCUT2D eigenvalue weighted by Gasteiger charge is 2.18. The third-order valence-electron chi connectivity index (χ3n) is 3.12. The largest absolute Gasteiger partial charge is 0.488 e. The van der Waals surface area contributed by atoms with Crippen molar-refractivity contribution in [2.24, 2.45) is 0 Å². The van der Waals surface area contributed by atoms with E-state index in [2.05, 4.69) is 0 Å². The molecule has 0 spiro atoms. The van der Waals surface area contributed by atoms with Crippen LogP contribution in [0.5, 0.6) is 5.75 Å². The third-order valence-corrected chi connectivity index (χ3v) is 3.47. The van der Waals surface area contributed by atoms with Crippen LogP contribution in [0.2, 0.25) is 5.02 Å². The van der Waals surface area contributed by atoms with Crippen molar-refractivity contribution in [3.05, 3.63) is 68.2 Å². The van der Waals surface area contributed by atoms with Gasteiger partial charge in [0.2, 0.25) is 0 Å². The summed E-state index contributed by atoms with van der Waals surface area (Å²) in [5.41, 5.74) is 1.71. The van der Waals surface area contributed by atoms with Crippen molar-refractivity contribution in [2.45, 2.75) is 20.1 Å². The summed E-state index contributed by atoms with van der Waals surface area (Å²) in [5, 5.41) is 20.6. The summed E-state index contributed by atoms with van der Waals surface area (Å²) in [4.78, 5) is 10.5. The molecule has 0 saturated heterocycles. The lowest BCUT2D eigenvalue weighted by molar-refractivity contribution is -0.385. The number of para-hydroxylation sites is 1. The molecule has 0 aromatic heterocycles. The van der Waals surface area contributed by atoms with E-state index in [1.54, 1.807) is 12.1 Å². The fourth-order valence-corrected chi connectivity index (χ4v) is 2.27. The van der Waals surface area contributed by atoms with Gasteiger partial charge in [0.25, 0.3) is 5.69 Å². The van der Waals surface area contributed by atoms with E-state index in [1.165, 1.54) is 12.1 Å². The Morgan fingerprint density at radius 3 is 2.67 bits per heavy atom. The summed E-state index contributed by atoms with van der Waals surface area (Å²) < 4.78 is 5.67. The van der Waals surface area contributed by atoms with E-state index in [4.69, 9.17) is 16.3 Å². The second-order valence-electron chi connectivity index (χ2n) is 4.50. The molecule has 0 saturated carbocycles. The number of aliphatic hydroxyl groups excluding tert-OH is 1. The average Bonchev–Trinajstić information content (AvgIpc) is 2.46. The Bertz CT molecular complexity index is 673. The SMILES string of the molecule is Cc1cccc(CO)c1OCc1c(Cl)cccc1[N+](=O)[O-]. The third kappa shape index (κ3) is 3.32. The molecule has 0 aliphatic rings. The van der Waals surface area contributed by atoms with Crippen LogP contribution in [-0.2, 0) is 13.2 Å². The van der Waals surface area contributed by atoms with E-state index < -0.39 is 4.92 Å². The molecule has 0 unspecified atom stereocenters. The topological polar surface area (TPSA) is 72.6 Å². The Kier molecular flexibility index (Phi) is 4.77. The molecular formula is C15H14ClNO4. The number of nitrogens with zero attached hydrogens (tertiary/aromatic N) is 1. The number of aryl methyl sites for hydroxylation is 1. The van der Waals surface area contributed by atoms with Crippen molar-refractivity contribution in [1.82, 2.24) is 0 Å². The maximum absolute atomic E-state index is 11.0. The zero-order valence-electron chi connectivity index (χ0n) is 11.4. The fourth-order valence-electron chi connectivity index (χ4n) is 2.05. The molecule has 0 radical (unpaired) electrons. The number of nitro groups is 1. The summed E-state index contributed by atoms with van der Waals surface area (Å²) in [6.07, 6.45) is 0. The molecule has 2 aromatic carbocycles. The molecule has 0 aliphatic carbocycles. The lowest BCUT2D eigenvalue weighted by Crippen LogP contribution is -2.04. The van der Waals surface area contributed by atoms with Crippen molar-refractivity contribution in [2.75, 3.05) is 0 Å². The zero-order valence-corrected chi connectivity index (χ0v) is 12.1. The maximum Gasteiger partial charge on any atom is 0.277 e. The van der Waals surface area contributed by atoms with Gasteiger partial charge in [-0.15, -0.1) is 0 Å². The van der Waals surface area contributed by atoms with Gasteiger partial charge in [-0.1, -0.05) is 35.9 Å². The molecule has 2 aromatic rings. The molecule has 6 heteroatoms. The standard InChI is InChI=1S/C15H14ClNO4/c1-10-4-2-5-11(8-18)15(10)21-9-12-13(16)6-3-7-14(12)17(19)20/h2-7,18H,8-9H2,1H3. The van der Waals surface area contributed by atoms with Gasteiger partial charge in [-0.05, 0) is 18.6 Å². The molecule has 0 amide bonds. The van der Waals surface area contributed by atoms with Crippen LogP contribution in [0.3, 0.4) is 0 Å². The minimum Gasteiger partial charge on any atom is -0.488 e. The first-order chi connectivity index (χ1) is 10.0. The van der Waals surface area contributed by atoms with Gasteiger partial charge >= 0.3 is 0 Å². The minimum absolute atomic E-state index is 0.0339. The van der Waals surface area contributed by atoms with Crippen LogP contribution >= 0.6 is 11.6 Å². The Labute approximate surface area is 126 Å². The smallest absolute Gasteiger partial charge is 0.277 e. The Morgan fingerprint density at radius 1 is 1.29 bits per heavy atom. The highest BCUT2D eigenvalue weighted by atomic mass is 35.5. The van der Waals surface area contributed by atoms with Crippen LogP contribution in [0.1, 0.15) is 16.7 Å². The van der Waals surface area contributed by atoms with E-state index in [1.807, 2.05) is 19.1 Å². The second kappa shape index (κ2) is 6.56. The normalized spacial score (nSPS) is 10.4. The van der Waals surface area contributed by atoms with Gasteiger partial charge < -0.3 is 9.84 Å². The number of rotatable bonds is 5. The van der Waals surface area contributed by atoms with Crippen LogP contribution in [0.25, 0.3) is 0 Å². The monoisotopic (exact) mass is 307 g/mol. The molecule has 0 heterocycles. The number of aliphatic hydroxyl groups is 1. The van der Waals surface area contributed by atoms with Crippen LogP contribution in [0.4, 0.5) is 5.69 Å². The molecule has 110 valence electrons. The zero-order chi connectivity index (χ0) is 15.4. The van der Waals surface area contributed by atoms with Crippen LogP contribution in [-0.4, -0.2) is 10.0 Å². The quantitative estimate of drug-likeness (QED) is 0.676. The van der Waals surface area contributed by atoms with E-state index in [-0.39, 0.29) is 23.9 Å².